The van der Waals surface area contributed by atoms with E-state index in [4.69, 9.17) is 27.6 Å². The van der Waals surface area contributed by atoms with E-state index in [1.54, 1.807) is 6.07 Å². The second-order valence-corrected chi connectivity index (χ2v) is 10.0. The Morgan fingerprint density at radius 1 is 1.03 bits per heavy atom. The van der Waals surface area contributed by atoms with Gasteiger partial charge in [-0.2, -0.15) is 0 Å². The fourth-order valence-electron chi connectivity index (χ4n) is 2.37. The summed E-state index contributed by atoms with van der Waals surface area (Å²) in [6.45, 7) is 0. The van der Waals surface area contributed by atoms with Crippen LogP contribution in [-0.4, -0.2) is 28.6 Å². The second kappa shape index (κ2) is 15.0. The lowest BCUT2D eigenvalue weighted by molar-refractivity contribution is -0.140. The smallest absolute Gasteiger partial charge is 0.305 e. The summed E-state index contributed by atoms with van der Waals surface area (Å²) in [5.41, 5.74) is 8.06. The van der Waals surface area contributed by atoms with Crippen LogP contribution in [0.2, 0.25) is 0 Å². The molecule has 34 heavy (non-hydrogen) atoms. The highest BCUT2D eigenvalue weighted by Gasteiger charge is 2.08. The molecule has 0 amide bonds. The number of nitrogens with two attached hydrogens (primary N) is 1. The van der Waals surface area contributed by atoms with E-state index in [1.807, 2.05) is 42.5 Å². The van der Waals surface area contributed by atoms with Crippen molar-refractivity contribution >= 4 is 47.3 Å². The maximum atomic E-state index is 10.8. The third kappa shape index (κ3) is 11.2. The third-order valence-electron chi connectivity index (χ3n) is 4.22. The summed E-state index contributed by atoms with van der Waals surface area (Å²) >= 11 is 3.35. The van der Waals surface area contributed by atoms with Crippen LogP contribution in [0.1, 0.15) is 17.5 Å². The maximum absolute atomic E-state index is 10.8. The molecule has 2 N–H and O–H groups in total. The molecule has 0 bridgehead atoms. The Morgan fingerprint density at radius 3 is 2.06 bits per heavy atom. The van der Waals surface area contributed by atoms with Crippen LogP contribution in [0.5, 0.6) is 5.75 Å². The van der Waals surface area contributed by atoms with Crippen molar-refractivity contribution in [3.63, 3.8) is 0 Å². The molecule has 0 saturated heterocycles. The van der Waals surface area contributed by atoms with Crippen molar-refractivity contribution in [1.29, 1.82) is 0 Å². The highest BCUT2D eigenvalue weighted by Crippen LogP contribution is 2.18. The summed E-state index contributed by atoms with van der Waals surface area (Å²) in [5.74, 6) is 2.90. The van der Waals surface area contributed by atoms with E-state index in [0.29, 0.717) is 17.9 Å². The van der Waals surface area contributed by atoms with E-state index in [1.165, 1.54) is 38.5 Å². The molecule has 6 nitrogen and oxygen atoms in total. The molecule has 180 valence electrons. The number of methoxy groups -OCH3 is 2. The minimum atomic E-state index is -3.61. The number of rotatable bonds is 5. The zero-order valence-corrected chi connectivity index (χ0v) is 21.9. The van der Waals surface area contributed by atoms with Gasteiger partial charge < -0.3 is 15.2 Å². The Balaban J connectivity index is 0.000000259. The SMILES string of the molecule is C#Cc1ccccc1N.COC(=O)CCc1ccc(Br)cc1.COc1ccc(S(=O)(=O)Cl)cc1. The Bertz CT molecular complexity index is 1190. The standard InChI is InChI=1S/C10H11BrO2.C8H7N.C7H7ClO3S/c1-13-10(12)7-4-8-2-5-9(11)6-3-8;1-2-7-5-3-4-6-8(7)9;1-11-6-2-4-7(5-3-6)12(8,9)10/h2-3,5-6H,4,7H2,1H3;1,3-6H,9H2;2-5H,1H3. The molecule has 3 rings (SSSR count). The summed E-state index contributed by atoms with van der Waals surface area (Å²) in [6, 6.07) is 21.1. The first-order valence-electron chi connectivity index (χ1n) is 9.81. The van der Waals surface area contributed by atoms with Crippen LogP contribution in [-0.2, 0) is 25.0 Å². The maximum Gasteiger partial charge on any atom is 0.305 e. The number of carbonyl (C=O) groups is 1. The number of halogens is 2. The first kappa shape index (κ1) is 29.0. The number of carbonyl (C=O) groups excluding carboxylic acids is 1. The van der Waals surface area contributed by atoms with Gasteiger partial charge in [0.05, 0.1) is 19.1 Å². The van der Waals surface area contributed by atoms with Crippen molar-refractivity contribution in [3.05, 3.63) is 88.4 Å². The average molecular weight is 567 g/mol. The van der Waals surface area contributed by atoms with E-state index in [9.17, 15) is 13.2 Å². The van der Waals surface area contributed by atoms with Gasteiger partial charge in [-0.15, -0.1) is 6.42 Å². The third-order valence-corrected chi connectivity index (χ3v) is 6.11. The number of benzene rings is 3. The van der Waals surface area contributed by atoms with Crippen LogP contribution in [0.3, 0.4) is 0 Å². The van der Waals surface area contributed by atoms with Gasteiger partial charge in [0.15, 0.2) is 0 Å². The molecule has 0 unspecified atom stereocenters. The predicted molar refractivity (Wildman–Crippen MR) is 139 cm³/mol. The molecule has 0 atom stereocenters. The molecule has 9 heteroatoms. The minimum Gasteiger partial charge on any atom is -0.497 e. The predicted octanol–water partition coefficient (Wildman–Crippen LogP) is 5.43. The number of hydrogen-bond donors (Lipinski definition) is 1. The summed E-state index contributed by atoms with van der Waals surface area (Å²) < 4.78 is 32.0. The van der Waals surface area contributed by atoms with Gasteiger partial charge in [-0.25, -0.2) is 8.42 Å². The molecule has 3 aromatic rings. The van der Waals surface area contributed by atoms with Gasteiger partial charge in [0.25, 0.3) is 9.05 Å². The summed E-state index contributed by atoms with van der Waals surface area (Å²) in [6.07, 6.45) is 6.30. The zero-order chi connectivity index (χ0) is 25.6. The molecule has 0 aromatic heterocycles. The van der Waals surface area contributed by atoms with Crippen LogP contribution in [0, 0.1) is 12.3 Å². The lowest BCUT2D eigenvalue weighted by atomic mass is 10.1. The zero-order valence-electron chi connectivity index (χ0n) is 18.7. The second-order valence-electron chi connectivity index (χ2n) is 6.55. The molecule has 0 aliphatic rings. The lowest BCUT2D eigenvalue weighted by Crippen LogP contribution is -2.01. The van der Waals surface area contributed by atoms with Crippen molar-refractivity contribution in [1.82, 2.24) is 0 Å². The monoisotopic (exact) mass is 565 g/mol. The first-order valence-corrected chi connectivity index (χ1v) is 12.9. The van der Waals surface area contributed by atoms with Crippen LogP contribution in [0.4, 0.5) is 5.69 Å². The van der Waals surface area contributed by atoms with Crippen molar-refractivity contribution in [2.75, 3.05) is 20.0 Å². The number of anilines is 1. The van der Waals surface area contributed by atoms with Gasteiger partial charge >= 0.3 is 5.97 Å². The minimum absolute atomic E-state index is 0.0740. The van der Waals surface area contributed by atoms with Gasteiger partial charge in [-0.1, -0.05) is 46.1 Å². The van der Waals surface area contributed by atoms with Crippen LogP contribution >= 0.6 is 26.6 Å². The molecule has 0 fully saturated rings. The van der Waals surface area contributed by atoms with Crippen molar-refractivity contribution in [3.8, 4) is 18.1 Å². The number of terminal acetylenes is 1. The van der Waals surface area contributed by atoms with Gasteiger partial charge in [0, 0.05) is 32.8 Å². The summed E-state index contributed by atoms with van der Waals surface area (Å²) in [4.78, 5) is 10.9. The Labute approximate surface area is 213 Å². The molecule has 3 aromatic carbocycles. The normalized spacial score (nSPS) is 9.85. The average Bonchev–Trinajstić information content (AvgIpc) is 2.84. The summed E-state index contributed by atoms with van der Waals surface area (Å²) in [7, 11) is 4.39. The molecule has 0 radical (unpaired) electrons. The lowest BCUT2D eigenvalue weighted by Gasteiger charge is -2.00. The van der Waals surface area contributed by atoms with Crippen LogP contribution < -0.4 is 10.5 Å². The molecule has 0 spiro atoms. The summed E-state index contributed by atoms with van der Waals surface area (Å²) in [5, 5.41) is 0. The quantitative estimate of drug-likeness (QED) is 0.192. The van der Waals surface area contributed by atoms with Crippen molar-refractivity contribution in [2.24, 2.45) is 0 Å². The van der Waals surface area contributed by atoms with Crippen LogP contribution in [0.15, 0.2) is 82.2 Å². The Hall–Kier alpha value is -2.99. The van der Waals surface area contributed by atoms with Crippen LogP contribution in [0.25, 0.3) is 0 Å². The van der Waals surface area contributed by atoms with Crippen molar-refractivity contribution < 1.29 is 22.7 Å². The Morgan fingerprint density at radius 2 is 1.62 bits per heavy atom. The number of nitrogen functional groups attached to an aromatic ring is 1. The van der Waals surface area contributed by atoms with E-state index < -0.39 is 9.05 Å². The molecule has 0 aliphatic heterocycles. The van der Waals surface area contributed by atoms with Gasteiger partial charge in [-0.05, 0) is 60.5 Å². The number of esters is 1. The fourth-order valence-corrected chi connectivity index (χ4v) is 3.40. The van der Waals surface area contributed by atoms with Crippen molar-refractivity contribution in [2.45, 2.75) is 17.7 Å². The molecule has 0 aliphatic carbocycles. The van der Waals surface area contributed by atoms with Gasteiger partial charge in [0.2, 0.25) is 0 Å². The number of aryl methyl sites for hydroxylation is 1. The largest absolute Gasteiger partial charge is 0.497 e. The molecular weight excluding hydrogens is 542 g/mol. The van der Waals surface area contributed by atoms with E-state index >= 15 is 0 Å². The van der Waals surface area contributed by atoms with E-state index in [2.05, 4.69) is 26.6 Å². The number of ether oxygens (including phenoxy) is 2. The molecular formula is C25H25BrClNO5S. The topological polar surface area (TPSA) is 95.7 Å². The molecule has 0 heterocycles. The number of hydrogen-bond acceptors (Lipinski definition) is 6. The van der Waals surface area contributed by atoms with E-state index in [0.717, 1.165) is 22.0 Å². The van der Waals surface area contributed by atoms with Gasteiger partial charge in [-0.3, -0.25) is 4.79 Å². The van der Waals surface area contributed by atoms with Gasteiger partial charge in [0.1, 0.15) is 5.75 Å². The Kier molecular flexibility index (Phi) is 12.8. The highest BCUT2D eigenvalue weighted by molar-refractivity contribution is 9.10. The molecule has 0 saturated carbocycles. The number of para-hydroxylation sites is 1. The highest BCUT2D eigenvalue weighted by atomic mass is 79.9. The fraction of sp³-hybridized carbons (Fsp3) is 0.160. The first-order chi connectivity index (χ1) is 16.1. The van der Waals surface area contributed by atoms with E-state index in [-0.39, 0.29) is 10.9 Å².